The molecule has 3 aromatic rings. The number of hydrogen-bond donors (Lipinski definition) is 2. The molecule has 3 rings (SSSR count). The molecule has 0 aliphatic heterocycles. The standard InChI is InChI=1S/C22H28IN3O3Si/c1-14-12-15(23)6-8-17(14)25-20-16(22(27)28-2)7-9-18-21(20)26-19(24-18)13-29-10-11-30(3,4)5/h6-9,12,25H,10-11,13H2,1-5H3,(H,24,26). The van der Waals surface area contributed by atoms with Gasteiger partial charge in [-0.15, -0.1) is 0 Å². The number of H-pyrrole nitrogens is 1. The van der Waals surface area contributed by atoms with Crippen LogP contribution in [0.2, 0.25) is 25.7 Å². The summed E-state index contributed by atoms with van der Waals surface area (Å²) in [5.74, 6) is 0.337. The predicted molar refractivity (Wildman–Crippen MR) is 132 cm³/mol. The van der Waals surface area contributed by atoms with Crippen LogP contribution < -0.4 is 5.32 Å². The van der Waals surface area contributed by atoms with E-state index < -0.39 is 14.0 Å². The lowest BCUT2D eigenvalue weighted by Crippen LogP contribution is -2.21. The van der Waals surface area contributed by atoms with Gasteiger partial charge in [-0.05, 0) is 71.5 Å². The number of rotatable bonds is 8. The number of esters is 1. The van der Waals surface area contributed by atoms with E-state index in [1.807, 2.05) is 25.1 Å². The van der Waals surface area contributed by atoms with Crippen molar-refractivity contribution < 1.29 is 14.3 Å². The van der Waals surface area contributed by atoms with Crippen LogP contribution in [0.1, 0.15) is 21.7 Å². The number of methoxy groups -OCH3 is 1. The van der Waals surface area contributed by atoms with E-state index in [9.17, 15) is 4.79 Å². The maximum absolute atomic E-state index is 12.4. The van der Waals surface area contributed by atoms with Crippen molar-refractivity contribution in [2.75, 3.05) is 19.0 Å². The largest absolute Gasteiger partial charge is 0.465 e. The SMILES string of the molecule is COC(=O)c1ccc2[nH]c(COCC[Si](C)(C)C)nc2c1Nc1ccc(I)cc1C. The quantitative estimate of drug-likeness (QED) is 0.163. The first-order chi connectivity index (χ1) is 14.2. The molecule has 0 unspecified atom stereocenters. The summed E-state index contributed by atoms with van der Waals surface area (Å²) in [6.45, 7) is 10.2. The molecular formula is C22H28IN3O3Si. The third-order valence-electron chi connectivity index (χ3n) is 4.79. The average Bonchev–Trinajstić information content (AvgIpc) is 3.09. The zero-order chi connectivity index (χ0) is 21.9. The van der Waals surface area contributed by atoms with E-state index >= 15 is 0 Å². The molecule has 0 radical (unpaired) electrons. The second kappa shape index (κ2) is 9.48. The lowest BCUT2D eigenvalue weighted by Gasteiger charge is -2.14. The first-order valence-corrected chi connectivity index (χ1v) is 14.7. The van der Waals surface area contributed by atoms with Crippen LogP contribution in [-0.2, 0) is 16.1 Å². The molecule has 0 spiro atoms. The van der Waals surface area contributed by atoms with Gasteiger partial charge in [0, 0.05) is 23.9 Å². The van der Waals surface area contributed by atoms with Crippen LogP contribution in [-0.4, -0.2) is 37.7 Å². The molecule has 0 saturated carbocycles. The van der Waals surface area contributed by atoms with Crippen molar-refractivity contribution in [1.29, 1.82) is 0 Å². The molecule has 1 aromatic heterocycles. The minimum absolute atomic E-state index is 0.404. The average molecular weight is 537 g/mol. The van der Waals surface area contributed by atoms with Crippen molar-refractivity contribution in [3.8, 4) is 0 Å². The number of carbonyl (C=O) groups is 1. The highest BCUT2D eigenvalue weighted by molar-refractivity contribution is 14.1. The molecule has 0 aliphatic rings. The number of anilines is 2. The monoisotopic (exact) mass is 537 g/mol. The van der Waals surface area contributed by atoms with Crippen LogP contribution in [0.4, 0.5) is 11.4 Å². The number of imidazole rings is 1. The van der Waals surface area contributed by atoms with E-state index in [-0.39, 0.29) is 0 Å². The molecule has 0 aliphatic carbocycles. The Morgan fingerprint density at radius 1 is 1.23 bits per heavy atom. The lowest BCUT2D eigenvalue weighted by atomic mass is 10.1. The summed E-state index contributed by atoms with van der Waals surface area (Å²) in [6, 6.07) is 10.8. The smallest absolute Gasteiger partial charge is 0.340 e. The van der Waals surface area contributed by atoms with E-state index in [0.717, 1.165) is 38.8 Å². The third-order valence-corrected chi connectivity index (χ3v) is 7.17. The number of aromatic nitrogens is 2. The predicted octanol–water partition coefficient (Wildman–Crippen LogP) is 5.86. The Kier molecular flexibility index (Phi) is 7.20. The molecule has 6 nitrogen and oxygen atoms in total. The second-order valence-electron chi connectivity index (χ2n) is 8.51. The van der Waals surface area contributed by atoms with Gasteiger partial charge in [0.15, 0.2) is 0 Å². The lowest BCUT2D eigenvalue weighted by molar-refractivity contribution is 0.0602. The molecule has 1 heterocycles. The number of ether oxygens (including phenoxy) is 2. The molecule has 0 saturated heterocycles. The fraction of sp³-hybridized carbons (Fsp3) is 0.364. The molecule has 0 fully saturated rings. The number of aromatic amines is 1. The van der Waals surface area contributed by atoms with E-state index in [2.05, 4.69) is 58.6 Å². The Morgan fingerprint density at radius 3 is 2.67 bits per heavy atom. The van der Waals surface area contributed by atoms with Crippen molar-refractivity contribution in [2.24, 2.45) is 0 Å². The fourth-order valence-corrected chi connectivity index (χ4v) is 4.45. The summed E-state index contributed by atoms with van der Waals surface area (Å²) in [6.07, 6.45) is 0. The molecule has 30 heavy (non-hydrogen) atoms. The summed E-state index contributed by atoms with van der Waals surface area (Å²) in [5, 5.41) is 3.40. The van der Waals surface area contributed by atoms with Gasteiger partial charge in [0.05, 0.1) is 23.9 Å². The minimum atomic E-state index is -1.13. The van der Waals surface area contributed by atoms with Crippen molar-refractivity contribution in [3.63, 3.8) is 0 Å². The van der Waals surface area contributed by atoms with Gasteiger partial charge >= 0.3 is 5.97 Å². The highest BCUT2D eigenvalue weighted by atomic mass is 127. The molecule has 160 valence electrons. The number of carbonyl (C=O) groups excluding carboxylic acids is 1. The van der Waals surface area contributed by atoms with Gasteiger partial charge in [0.25, 0.3) is 0 Å². The molecule has 2 aromatic carbocycles. The summed E-state index contributed by atoms with van der Waals surface area (Å²) >= 11 is 2.28. The van der Waals surface area contributed by atoms with Crippen molar-refractivity contribution in [2.45, 2.75) is 39.2 Å². The Morgan fingerprint density at radius 2 is 2.00 bits per heavy atom. The van der Waals surface area contributed by atoms with Crippen LogP contribution >= 0.6 is 22.6 Å². The Hall–Kier alpha value is -1.91. The highest BCUT2D eigenvalue weighted by Crippen LogP contribution is 2.31. The van der Waals surface area contributed by atoms with Crippen LogP contribution in [0.25, 0.3) is 11.0 Å². The Labute approximate surface area is 191 Å². The van der Waals surface area contributed by atoms with Crippen molar-refractivity contribution in [1.82, 2.24) is 9.97 Å². The Balaban J connectivity index is 1.93. The van der Waals surface area contributed by atoms with Crippen LogP contribution in [0, 0.1) is 10.5 Å². The maximum Gasteiger partial charge on any atom is 0.340 e. The van der Waals surface area contributed by atoms with Crippen LogP contribution in [0.3, 0.4) is 0 Å². The van der Waals surface area contributed by atoms with Gasteiger partial charge in [-0.2, -0.15) is 0 Å². The molecule has 8 heteroatoms. The van der Waals surface area contributed by atoms with E-state index in [1.54, 1.807) is 6.07 Å². The summed E-state index contributed by atoms with van der Waals surface area (Å²) in [7, 11) is 0.253. The van der Waals surface area contributed by atoms with Gasteiger partial charge < -0.3 is 19.8 Å². The second-order valence-corrected chi connectivity index (χ2v) is 15.4. The summed E-state index contributed by atoms with van der Waals surface area (Å²) in [5.41, 5.74) is 4.62. The number of nitrogens with one attached hydrogen (secondary N) is 2. The number of aryl methyl sites for hydroxylation is 1. The van der Waals surface area contributed by atoms with E-state index in [4.69, 9.17) is 14.5 Å². The van der Waals surface area contributed by atoms with E-state index in [0.29, 0.717) is 23.4 Å². The van der Waals surface area contributed by atoms with E-state index in [1.165, 1.54) is 7.11 Å². The molecule has 0 atom stereocenters. The number of benzene rings is 2. The number of halogens is 1. The molecular weight excluding hydrogens is 509 g/mol. The van der Waals surface area contributed by atoms with Gasteiger partial charge in [-0.1, -0.05) is 19.6 Å². The fourth-order valence-electron chi connectivity index (χ4n) is 3.05. The van der Waals surface area contributed by atoms with Crippen molar-refractivity contribution >= 4 is 59.0 Å². The van der Waals surface area contributed by atoms with Crippen LogP contribution in [0.15, 0.2) is 30.3 Å². The normalized spacial score (nSPS) is 11.7. The van der Waals surface area contributed by atoms with Crippen LogP contribution in [0.5, 0.6) is 0 Å². The Bertz CT molecular complexity index is 1060. The molecule has 0 bridgehead atoms. The topological polar surface area (TPSA) is 76.2 Å². The third kappa shape index (κ3) is 5.61. The number of hydrogen-bond acceptors (Lipinski definition) is 5. The first kappa shape index (κ1) is 22.8. The number of fused-ring (bicyclic) bond motifs is 1. The van der Waals surface area contributed by atoms with Gasteiger partial charge in [0.1, 0.15) is 17.9 Å². The van der Waals surface area contributed by atoms with Gasteiger partial charge in [0.2, 0.25) is 0 Å². The number of nitrogens with zero attached hydrogens (tertiary/aromatic N) is 1. The highest BCUT2D eigenvalue weighted by Gasteiger charge is 2.19. The van der Waals surface area contributed by atoms with Gasteiger partial charge in [-0.3, -0.25) is 0 Å². The van der Waals surface area contributed by atoms with Gasteiger partial charge in [-0.25, -0.2) is 9.78 Å². The molecule has 2 N–H and O–H groups in total. The summed E-state index contributed by atoms with van der Waals surface area (Å²) < 4.78 is 12.0. The first-order valence-electron chi connectivity index (χ1n) is 9.89. The zero-order valence-electron chi connectivity index (χ0n) is 18.1. The maximum atomic E-state index is 12.4. The summed E-state index contributed by atoms with van der Waals surface area (Å²) in [4.78, 5) is 20.4. The molecule has 0 amide bonds. The zero-order valence-corrected chi connectivity index (χ0v) is 21.2. The minimum Gasteiger partial charge on any atom is -0.465 e. The van der Waals surface area contributed by atoms with Crippen molar-refractivity contribution in [3.05, 3.63) is 50.9 Å².